The molecule has 0 saturated heterocycles. The van der Waals surface area contributed by atoms with Crippen molar-refractivity contribution < 1.29 is 23.9 Å². The molecule has 1 heterocycles. The van der Waals surface area contributed by atoms with Gasteiger partial charge in [0.25, 0.3) is 0 Å². The van der Waals surface area contributed by atoms with E-state index < -0.39 is 17.5 Å². The van der Waals surface area contributed by atoms with E-state index >= 15 is 0 Å². The number of carbonyl (C=O) groups is 3. The normalized spacial score (nSPS) is 13.0. The number of hydrogen-bond acceptors (Lipinski definition) is 6. The molecule has 6 nitrogen and oxygen atoms in total. The molecule has 0 radical (unpaired) electrons. The van der Waals surface area contributed by atoms with Crippen LogP contribution in [0.15, 0.2) is 65.5 Å². The molecule has 1 aromatic carbocycles. The van der Waals surface area contributed by atoms with Crippen molar-refractivity contribution in [2.45, 2.75) is 0 Å². The number of fused-ring (bicyclic) bond motifs is 1. The maximum absolute atomic E-state index is 12.4. The van der Waals surface area contributed by atoms with Gasteiger partial charge >= 0.3 is 5.97 Å². The van der Waals surface area contributed by atoms with Gasteiger partial charge in [-0.25, -0.2) is 4.79 Å². The Bertz CT molecular complexity index is 1080. The molecule has 29 heavy (non-hydrogen) atoms. The monoisotopic (exact) mass is 407 g/mol. The molecule has 0 aliphatic heterocycles. The summed E-state index contributed by atoms with van der Waals surface area (Å²) in [5, 5.41) is -0.310. The zero-order chi connectivity index (χ0) is 20.6. The summed E-state index contributed by atoms with van der Waals surface area (Å²) in [4.78, 5) is 40.1. The van der Waals surface area contributed by atoms with Gasteiger partial charge in [-0.05, 0) is 23.8 Å². The number of Topliss-reactive ketones (excluding diaryl/α,β-unsaturated/α-hetero) is 2. The lowest BCUT2D eigenvalue weighted by molar-refractivity contribution is -0.136. The molecular weight excluding hydrogens is 394 g/mol. The molecule has 0 saturated carbocycles. The second-order valence-electron chi connectivity index (χ2n) is 5.69. The van der Waals surface area contributed by atoms with E-state index in [9.17, 15) is 14.4 Å². The predicted octanol–water partition coefficient (Wildman–Crippen LogP) is 3.19. The number of rotatable bonds is 5. The van der Waals surface area contributed by atoms with Gasteiger partial charge in [-0.15, -0.1) is 0 Å². The minimum atomic E-state index is -0.579. The third kappa shape index (κ3) is 4.98. The van der Waals surface area contributed by atoms with Crippen LogP contribution in [0.5, 0.6) is 0 Å². The standard InChI is InChI=1S/C22H14ClNO5/c23-18-20(26)16-9-6-12-24-19(16)21(27)22(18)29-14-5-4-13-28-17(25)11-10-15-7-2-1-3-8-15/h1-3,6-12H,13-14H2/b11-10+. The van der Waals surface area contributed by atoms with Crippen LogP contribution in [0.2, 0.25) is 0 Å². The van der Waals surface area contributed by atoms with Crippen LogP contribution in [-0.2, 0) is 14.3 Å². The lowest BCUT2D eigenvalue weighted by Gasteiger charge is -2.15. The largest absolute Gasteiger partial charge is 0.475 e. The van der Waals surface area contributed by atoms with E-state index in [0.29, 0.717) is 0 Å². The van der Waals surface area contributed by atoms with E-state index in [-0.39, 0.29) is 35.3 Å². The van der Waals surface area contributed by atoms with E-state index in [4.69, 9.17) is 21.1 Å². The molecular formula is C22H14ClNO5. The molecule has 3 rings (SSSR count). The summed E-state index contributed by atoms with van der Waals surface area (Å²) in [5.41, 5.74) is 0.997. The summed E-state index contributed by atoms with van der Waals surface area (Å²) < 4.78 is 10.2. The number of halogens is 1. The molecule has 0 fully saturated rings. The summed E-state index contributed by atoms with van der Waals surface area (Å²) in [6, 6.07) is 12.3. The Kier molecular flexibility index (Phi) is 6.56. The molecule has 1 aromatic heterocycles. The van der Waals surface area contributed by atoms with Crippen molar-refractivity contribution in [1.82, 2.24) is 4.98 Å². The molecule has 0 bridgehead atoms. The van der Waals surface area contributed by atoms with Crippen LogP contribution in [0, 0.1) is 11.8 Å². The molecule has 0 spiro atoms. The second-order valence-corrected chi connectivity index (χ2v) is 6.07. The minimum absolute atomic E-state index is 0.0102. The third-order valence-corrected chi connectivity index (χ3v) is 4.13. The second kappa shape index (κ2) is 9.49. The van der Waals surface area contributed by atoms with Gasteiger partial charge in [-0.1, -0.05) is 53.8 Å². The molecule has 7 heteroatoms. The molecule has 0 N–H and O–H groups in total. The highest BCUT2D eigenvalue weighted by Crippen LogP contribution is 2.27. The molecule has 0 atom stereocenters. The molecule has 1 aliphatic carbocycles. The number of ketones is 2. The maximum atomic E-state index is 12.4. The van der Waals surface area contributed by atoms with Crippen molar-refractivity contribution in [2.75, 3.05) is 13.2 Å². The van der Waals surface area contributed by atoms with Crippen LogP contribution in [-0.4, -0.2) is 35.7 Å². The summed E-state index contributed by atoms with van der Waals surface area (Å²) in [6.45, 7) is -0.352. The number of benzene rings is 1. The zero-order valence-corrected chi connectivity index (χ0v) is 15.8. The predicted molar refractivity (Wildman–Crippen MR) is 106 cm³/mol. The Balaban J connectivity index is 1.50. The summed E-state index contributed by atoms with van der Waals surface area (Å²) in [5.74, 6) is 3.24. The van der Waals surface area contributed by atoms with Crippen molar-refractivity contribution in [3.63, 3.8) is 0 Å². The summed E-state index contributed by atoms with van der Waals surface area (Å²) in [7, 11) is 0. The van der Waals surface area contributed by atoms with Crippen LogP contribution in [0.3, 0.4) is 0 Å². The van der Waals surface area contributed by atoms with Gasteiger partial charge in [0.1, 0.15) is 17.3 Å². The first-order chi connectivity index (χ1) is 14.1. The van der Waals surface area contributed by atoms with Gasteiger partial charge in [0, 0.05) is 12.3 Å². The Hall–Kier alpha value is -3.69. The van der Waals surface area contributed by atoms with E-state index in [1.165, 1.54) is 18.3 Å². The molecule has 0 amide bonds. The topological polar surface area (TPSA) is 82.6 Å². The Morgan fingerprint density at radius 2 is 1.79 bits per heavy atom. The van der Waals surface area contributed by atoms with E-state index in [1.54, 1.807) is 12.1 Å². The van der Waals surface area contributed by atoms with Crippen LogP contribution in [0.25, 0.3) is 6.08 Å². The number of ether oxygens (including phenoxy) is 2. The van der Waals surface area contributed by atoms with Crippen LogP contribution in [0.4, 0.5) is 0 Å². The average Bonchev–Trinajstić information content (AvgIpc) is 2.76. The minimum Gasteiger partial charge on any atom is -0.475 e. The van der Waals surface area contributed by atoms with Gasteiger partial charge < -0.3 is 9.47 Å². The molecule has 1 aliphatic rings. The zero-order valence-electron chi connectivity index (χ0n) is 15.1. The molecule has 144 valence electrons. The number of pyridine rings is 1. The molecule has 2 aromatic rings. The fourth-order valence-electron chi connectivity index (χ4n) is 2.42. The van der Waals surface area contributed by atoms with Crippen molar-refractivity contribution in [1.29, 1.82) is 0 Å². The van der Waals surface area contributed by atoms with E-state index in [1.807, 2.05) is 30.3 Å². The van der Waals surface area contributed by atoms with E-state index in [0.717, 1.165) is 5.56 Å². The van der Waals surface area contributed by atoms with Gasteiger partial charge in [-0.2, -0.15) is 0 Å². The first-order valence-corrected chi connectivity index (χ1v) is 8.88. The number of allylic oxidation sites excluding steroid dienone is 2. The number of esters is 1. The highest BCUT2D eigenvalue weighted by atomic mass is 35.5. The maximum Gasteiger partial charge on any atom is 0.331 e. The highest BCUT2D eigenvalue weighted by Gasteiger charge is 2.33. The summed E-state index contributed by atoms with van der Waals surface area (Å²) >= 11 is 5.95. The quantitative estimate of drug-likeness (QED) is 0.430. The van der Waals surface area contributed by atoms with Crippen LogP contribution >= 0.6 is 11.6 Å². The van der Waals surface area contributed by atoms with E-state index in [2.05, 4.69) is 16.8 Å². The Labute approximate surface area is 171 Å². The molecule has 0 unspecified atom stereocenters. The first-order valence-electron chi connectivity index (χ1n) is 8.50. The van der Waals surface area contributed by atoms with Crippen molar-refractivity contribution in [3.8, 4) is 11.8 Å². The number of hydrogen-bond donors (Lipinski definition) is 0. The fourth-order valence-corrected chi connectivity index (χ4v) is 2.66. The smallest absolute Gasteiger partial charge is 0.331 e. The van der Waals surface area contributed by atoms with Gasteiger partial charge in [0.15, 0.2) is 12.4 Å². The lowest BCUT2D eigenvalue weighted by Crippen LogP contribution is -2.23. The van der Waals surface area contributed by atoms with Crippen molar-refractivity contribution >= 4 is 35.2 Å². The third-order valence-electron chi connectivity index (χ3n) is 3.78. The first kappa shape index (κ1) is 20.1. The van der Waals surface area contributed by atoms with Gasteiger partial charge in [0.05, 0.1) is 5.56 Å². The van der Waals surface area contributed by atoms with Crippen molar-refractivity contribution in [2.24, 2.45) is 0 Å². The van der Waals surface area contributed by atoms with Crippen molar-refractivity contribution in [3.05, 3.63) is 82.3 Å². The SMILES string of the molecule is O=C(/C=C/c1ccccc1)OCC#CCOC1=C(Cl)C(=O)c2cccnc2C1=O. The Morgan fingerprint density at radius 1 is 1.03 bits per heavy atom. The highest BCUT2D eigenvalue weighted by molar-refractivity contribution is 6.49. The fraction of sp³-hybridized carbons (Fsp3) is 0.0909. The average molecular weight is 408 g/mol. The van der Waals surface area contributed by atoms with Gasteiger partial charge in [-0.3, -0.25) is 14.6 Å². The van der Waals surface area contributed by atoms with Crippen LogP contribution < -0.4 is 0 Å². The number of aromatic nitrogens is 1. The number of carbonyl (C=O) groups excluding carboxylic acids is 3. The Morgan fingerprint density at radius 3 is 2.59 bits per heavy atom. The summed E-state index contributed by atoms with van der Waals surface area (Å²) in [6.07, 6.45) is 4.33. The number of nitrogens with zero attached hydrogens (tertiary/aromatic N) is 1. The van der Waals surface area contributed by atoms with Crippen LogP contribution in [0.1, 0.15) is 26.4 Å². The lowest BCUT2D eigenvalue weighted by atomic mass is 9.98. The van der Waals surface area contributed by atoms with Gasteiger partial charge in [0.2, 0.25) is 11.6 Å².